The number of hydrogen-bond donors (Lipinski definition) is 0. The van der Waals surface area contributed by atoms with Crippen molar-refractivity contribution in [3.63, 3.8) is 0 Å². The van der Waals surface area contributed by atoms with Crippen molar-refractivity contribution >= 4 is 5.91 Å². The summed E-state index contributed by atoms with van der Waals surface area (Å²) >= 11 is 0. The summed E-state index contributed by atoms with van der Waals surface area (Å²) in [4.78, 5) is 13.0. The molecule has 2 nitrogen and oxygen atoms in total. The van der Waals surface area contributed by atoms with Crippen molar-refractivity contribution in [2.75, 3.05) is 7.05 Å². The predicted octanol–water partition coefficient (Wildman–Crippen LogP) is 2.15. The molecule has 0 bridgehead atoms. The third kappa shape index (κ3) is 2.84. The van der Waals surface area contributed by atoms with Gasteiger partial charge >= 0.3 is 0 Å². The van der Waals surface area contributed by atoms with Crippen LogP contribution in [0.15, 0.2) is 0 Å². The van der Waals surface area contributed by atoms with Crippen LogP contribution >= 0.6 is 0 Å². The smallest absolute Gasteiger partial charge is 0.219 e. The fraction of sp³-hybridized carbons (Fsp3) is 0.900. The molecule has 0 N–H and O–H groups in total. The van der Waals surface area contributed by atoms with Crippen LogP contribution < -0.4 is 0 Å². The standard InChI is InChI=1S/C10H21NO/c1-7(2)10(8(3)4)11(6)9(5)12/h7-8,10H,1-6H3. The first-order valence-corrected chi connectivity index (χ1v) is 4.61. The van der Waals surface area contributed by atoms with E-state index in [1.165, 1.54) is 0 Å². The SMILES string of the molecule is CC(=O)N(C)C(C(C)C)C(C)C. The zero-order chi connectivity index (χ0) is 9.89. The van der Waals surface area contributed by atoms with E-state index in [0.29, 0.717) is 17.9 Å². The molecule has 0 saturated heterocycles. The summed E-state index contributed by atoms with van der Waals surface area (Å²) in [6.07, 6.45) is 0. The molecule has 0 aliphatic heterocycles. The quantitative estimate of drug-likeness (QED) is 0.637. The highest BCUT2D eigenvalue weighted by Crippen LogP contribution is 2.17. The lowest BCUT2D eigenvalue weighted by molar-refractivity contribution is -0.131. The Hall–Kier alpha value is -0.530. The van der Waals surface area contributed by atoms with E-state index in [2.05, 4.69) is 27.7 Å². The fourth-order valence-corrected chi connectivity index (χ4v) is 1.87. The zero-order valence-electron chi connectivity index (χ0n) is 9.09. The highest BCUT2D eigenvalue weighted by molar-refractivity contribution is 5.73. The second-order valence-corrected chi connectivity index (χ2v) is 4.11. The summed E-state index contributed by atoms with van der Waals surface area (Å²) < 4.78 is 0. The van der Waals surface area contributed by atoms with Crippen LogP contribution in [0.1, 0.15) is 34.6 Å². The summed E-state index contributed by atoms with van der Waals surface area (Å²) in [6, 6.07) is 0.363. The topological polar surface area (TPSA) is 20.3 Å². The molecule has 0 aromatic rings. The number of carbonyl (C=O) groups excluding carboxylic acids is 1. The van der Waals surface area contributed by atoms with Crippen molar-refractivity contribution in [1.29, 1.82) is 0 Å². The highest BCUT2D eigenvalue weighted by Gasteiger charge is 2.23. The van der Waals surface area contributed by atoms with Gasteiger partial charge in [0.05, 0.1) is 0 Å². The van der Waals surface area contributed by atoms with E-state index in [-0.39, 0.29) is 5.91 Å². The summed E-state index contributed by atoms with van der Waals surface area (Å²) in [7, 11) is 1.88. The van der Waals surface area contributed by atoms with Crippen molar-refractivity contribution in [2.24, 2.45) is 11.8 Å². The highest BCUT2D eigenvalue weighted by atomic mass is 16.2. The molecule has 0 aliphatic carbocycles. The van der Waals surface area contributed by atoms with Crippen LogP contribution in [-0.2, 0) is 4.79 Å². The lowest BCUT2D eigenvalue weighted by Gasteiger charge is -2.33. The Labute approximate surface area is 75.9 Å². The number of rotatable bonds is 3. The first-order valence-electron chi connectivity index (χ1n) is 4.61. The number of hydrogen-bond acceptors (Lipinski definition) is 1. The molecule has 0 rings (SSSR count). The number of amides is 1. The molecular weight excluding hydrogens is 150 g/mol. The van der Waals surface area contributed by atoms with Crippen LogP contribution in [-0.4, -0.2) is 23.9 Å². The third-order valence-corrected chi connectivity index (χ3v) is 2.31. The first kappa shape index (κ1) is 11.5. The van der Waals surface area contributed by atoms with Gasteiger partial charge in [-0.2, -0.15) is 0 Å². The Morgan fingerprint density at radius 2 is 1.42 bits per heavy atom. The molecule has 0 radical (unpaired) electrons. The molecule has 12 heavy (non-hydrogen) atoms. The first-order chi connectivity index (χ1) is 5.37. The van der Waals surface area contributed by atoms with Gasteiger partial charge in [0.15, 0.2) is 0 Å². The van der Waals surface area contributed by atoms with Crippen molar-refractivity contribution in [3.05, 3.63) is 0 Å². The third-order valence-electron chi connectivity index (χ3n) is 2.31. The summed E-state index contributed by atoms with van der Waals surface area (Å²) in [6.45, 7) is 10.3. The minimum Gasteiger partial charge on any atom is -0.343 e. The molecule has 72 valence electrons. The molecule has 0 atom stereocenters. The van der Waals surface area contributed by atoms with E-state index in [0.717, 1.165) is 0 Å². The van der Waals surface area contributed by atoms with Crippen LogP contribution in [0.3, 0.4) is 0 Å². The van der Waals surface area contributed by atoms with E-state index < -0.39 is 0 Å². The average molecular weight is 171 g/mol. The Balaban J connectivity index is 4.40. The molecule has 0 spiro atoms. The van der Waals surface area contributed by atoms with Crippen molar-refractivity contribution in [3.8, 4) is 0 Å². The minimum absolute atomic E-state index is 0.155. The van der Waals surface area contributed by atoms with Gasteiger partial charge in [-0.1, -0.05) is 27.7 Å². The van der Waals surface area contributed by atoms with Crippen LogP contribution in [0, 0.1) is 11.8 Å². The van der Waals surface area contributed by atoms with Crippen LogP contribution in [0.4, 0.5) is 0 Å². The maximum atomic E-state index is 11.1. The van der Waals surface area contributed by atoms with Gasteiger partial charge in [0.2, 0.25) is 5.91 Å². The minimum atomic E-state index is 0.155. The predicted molar refractivity (Wildman–Crippen MR) is 51.9 cm³/mol. The van der Waals surface area contributed by atoms with Crippen molar-refractivity contribution in [2.45, 2.75) is 40.7 Å². The van der Waals surface area contributed by atoms with Gasteiger partial charge in [-0.3, -0.25) is 4.79 Å². The van der Waals surface area contributed by atoms with Gasteiger partial charge in [-0.25, -0.2) is 0 Å². The van der Waals surface area contributed by atoms with Gasteiger partial charge in [-0.05, 0) is 11.8 Å². The van der Waals surface area contributed by atoms with E-state index in [4.69, 9.17) is 0 Å². The van der Waals surface area contributed by atoms with Gasteiger partial charge in [0.25, 0.3) is 0 Å². The summed E-state index contributed by atoms with van der Waals surface area (Å²) in [5.74, 6) is 1.21. The van der Waals surface area contributed by atoms with Crippen LogP contribution in [0.2, 0.25) is 0 Å². The molecular formula is C10H21NO. The fourth-order valence-electron chi connectivity index (χ4n) is 1.87. The molecule has 0 aromatic heterocycles. The molecule has 0 unspecified atom stereocenters. The Bertz CT molecular complexity index is 144. The zero-order valence-corrected chi connectivity index (χ0v) is 9.09. The Kier molecular flexibility index (Phi) is 4.29. The Morgan fingerprint density at radius 1 is 1.08 bits per heavy atom. The lowest BCUT2D eigenvalue weighted by Crippen LogP contribution is -2.42. The van der Waals surface area contributed by atoms with Gasteiger partial charge in [0.1, 0.15) is 0 Å². The van der Waals surface area contributed by atoms with Gasteiger partial charge in [-0.15, -0.1) is 0 Å². The number of carbonyl (C=O) groups is 1. The van der Waals surface area contributed by atoms with Gasteiger partial charge in [0, 0.05) is 20.0 Å². The average Bonchev–Trinajstić information content (AvgIpc) is 1.85. The summed E-state index contributed by atoms with van der Waals surface area (Å²) in [5.41, 5.74) is 0. The largest absolute Gasteiger partial charge is 0.343 e. The van der Waals surface area contributed by atoms with Crippen molar-refractivity contribution in [1.82, 2.24) is 4.90 Å². The lowest BCUT2D eigenvalue weighted by atomic mass is 9.92. The van der Waals surface area contributed by atoms with Crippen LogP contribution in [0.25, 0.3) is 0 Å². The van der Waals surface area contributed by atoms with Crippen LogP contribution in [0.5, 0.6) is 0 Å². The van der Waals surface area contributed by atoms with E-state index in [1.54, 1.807) is 6.92 Å². The van der Waals surface area contributed by atoms with Gasteiger partial charge < -0.3 is 4.90 Å². The van der Waals surface area contributed by atoms with E-state index in [9.17, 15) is 4.79 Å². The molecule has 2 heteroatoms. The molecule has 0 heterocycles. The normalized spacial score (nSPS) is 11.4. The second-order valence-electron chi connectivity index (χ2n) is 4.11. The summed E-state index contributed by atoms with van der Waals surface area (Å²) in [5, 5.41) is 0. The Morgan fingerprint density at radius 3 is 1.50 bits per heavy atom. The molecule has 0 saturated carbocycles. The second kappa shape index (κ2) is 4.48. The van der Waals surface area contributed by atoms with E-state index >= 15 is 0 Å². The molecule has 0 aliphatic rings. The monoisotopic (exact) mass is 171 g/mol. The molecule has 0 fully saturated rings. The molecule has 1 amide bonds. The maximum Gasteiger partial charge on any atom is 0.219 e. The maximum absolute atomic E-state index is 11.1. The van der Waals surface area contributed by atoms with E-state index in [1.807, 2.05) is 11.9 Å². The molecule has 0 aromatic carbocycles. The number of nitrogens with zero attached hydrogens (tertiary/aromatic N) is 1. The van der Waals surface area contributed by atoms with Crippen molar-refractivity contribution < 1.29 is 4.79 Å².